The van der Waals surface area contributed by atoms with Gasteiger partial charge in [0.1, 0.15) is 5.75 Å². The first-order valence-electron chi connectivity index (χ1n) is 8.50. The number of phenols is 1. The molecule has 0 saturated heterocycles. The van der Waals surface area contributed by atoms with Crippen molar-refractivity contribution in [3.05, 3.63) is 57.0 Å². The van der Waals surface area contributed by atoms with Gasteiger partial charge in [-0.1, -0.05) is 12.1 Å². The lowest BCUT2D eigenvalue weighted by atomic mass is 10.1. The Morgan fingerprint density at radius 1 is 1.23 bits per heavy atom. The van der Waals surface area contributed by atoms with Gasteiger partial charge in [0, 0.05) is 33.2 Å². The minimum absolute atomic E-state index is 0.207. The molecule has 0 aliphatic heterocycles. The van der Waals surface area contributed by atoms with Gasteiger partial charge in [0.15, 0.2) is 11.2 Å². The van der Waals surface area contributed by atoms with E-state index in [-0.39, 0.29) is 23.0 Å². The van der Waals surface area contributed by atoms with Crippen LogP contribution in [0, 0.1) is 0 Å². The SMILES string of the molecule is CC(Cc1cccc(O)c1)NCCn1cnc2c1c(=O)n(C)c(=O)n2C. The molecule has 1 atom stereocenters. The van der Waals surface area contributed by atoms with E-state index in [2.05, 4.69) is 17.2 Å². The molecule has 0 saturated carbocycles. The fourth-order valence-electron chi connectivity index (χ4n) is 3.11. The summed E-state index contributed by atoms with van der Waals surface area (Å²) in [4.78, 5) is 28.6. The Morgan fingerprint density at radius 2 is 2.00 bits per heavy atom. The zero-order valence-electron chi connectivity index (χ0n) is 15.1. The summed E-state index contributed by atoms with van der Waals surface area (Å²) in [6, 6.07) is 7.42. The summed E-state index contributed by atoms with van der Waals surface area (Å²) in [5.41, 5.74) is 1.16. The standard InChI is InChI=1S/C18H23N5O3/c1-12(9-13-5-4-6-14(24)10-13)19-7-8-23-11-20-16-15(23)17(25)22(3)18(26)21(16)2/h4-6,10-12,19,24H,7-9H2,1-3H3. The molecule has 0 amide bonds. The van der Waals surface area contributed by atoms with Crippen LogP contribution in [0.2, 0.25) is 0 Å². The van der Waals surface area contributed by atoms with Crippen LogP contribution in [0.5, 0.6) is 5.75 Å². The normalized spacial score (nSPS) is 12.6. The molecule has 2 aromatic heterocycles. The van der Waals surface area contributed by atoms with Gasteiger partial charge in [0.25, 0.3) is 5.56 Å². The molecule has 1 unspecified atom stereocenters. The Hall–Kier alpha value is -2.87. The minimum Gasteiger partial charge on any atom is -0.508 e. The summed E-state index contributed by atoms with van der Waals surface area (Å²) >= 11 is 0. The number of imidazole rings is 1. The second-order valence-electron chi connectivity index (χ2n) is 6.55. The van der Waals surface area contributed by atoms with Crippen molar-refractivity contribution in [1.82, 2.24) is 24.0 Å². The molecule has 8 nitrogen and oxygen atoms in total. The van der Waals surface area contributed by atoms with E-state index >= 15 is 0 Å². The molecule has 138 valence electrons. The van der Waals surface area contributed by atoms with Gasteiger partial charge in [-0.15, -0.1) is 0 Å². The number of fused-ring (bicyclic) bond motifs is 1. The summed E-state index contributed by atoms with van der Waals surface area (Å²) in [5, 5.41) is 12.9. The Balaban J connectivity index is 1.69. The van der Waals surface area contributed by atoms with Crippen molar-refractivity contribution in [1.29, 1.82) is 0 Å². The average molecular weight is 357 g/mol. The third-order valence-corrected chi connectivity index (χ3v) is 4.52. The largest absolute Gasteiger partial charge is 0.508 e. The Kier molecular flexibility index (Phi) is 4.94. The van der Waals surface area contributed by atoms with Crippen LogP contribution in [-0.2, 0) is 27.1 Å². The fourth-order valence-corrected chi connectivity index (χ4v) is 3.11. The molecule has 0 aliphatic carbocycles. The molecule has 26 heavy (non-hydrogen) atoms. The van der Waals surface area contributed by atoms with E-state index in [1.165, 1.54) is 11.6 Å². The molecule has 8 heteroatoms. The highest BCUT2D eigenvalue weighted by Gasteiger charge is 2.14. The van der Waals surface area contributed by atoms with Crippen molar-refractivity contribution in [2.45, 2.75) is 25.9 Å². The molecule has 0 radical (unpaired) electrons. The third kappa shape index (κ3) is 3.41. The van der Waals surface area contributed by atoms with E-state index in [1.807, 2.05) is 12.1 Å². The summed E-state index contributed by atoms with van der Waals surface area (Å²) in [6.45, 7) is 3.28. The van der Waals surface area contributed by atoms with Gasteiger partial charge in [0.2, 0.25) is 0 Å². The van der Waals surface area contributed by atoms with Crippen LogP contribution in [0.15, 0.2) is 40.2 Å². The highest BCUT2D eigenvalue weighted by atomic mass is 16.3. The van der Waals surface area contributed by atoms with Crippen LogP contribution >= 0.6 is 0 Å². The quantitative estimate of drug-likeness (QED) is 0.664. The number of aromatic hydroxyl groups is 1. The molecule has 3 rings (SSSR count). The van der Waals surface area contributed by atoms with Gasteiger partial charge >= 0.3 is 5.69 Å². The van der Waals surface area contributed by atoms with Gasteiger partial charge in [-0.05, 0) is 31.0 Å². The Bertz CT molecular complexity index is 1050. The van der Waals surface area contributed by atoms with E-state index in [0.717, 1.165) is 16.6 Å². The monoisotopic (exact) mass is 357 g/mol. The summed E-state index contributed by atoms with van der Waals surface area (Å²) in [6.07, 6.45) is 2.38. The number of hydrogen-bond donors (Lipinski definition) is 2. The number of rotatable bonds is 6. The predicted molar refractivity (Wildman–Crippen MR) is 99.5 cm³/mol. The van der Waals surface area contributed by atoms with Crippen LogP contribution in [0.1, 0.15) is 12.5 Å². The highest BCUT2D eigenvalue weighted by Crippen LogP contribution is 2.12. The van der Waals surface area contributed by atoms with Gasteiger partial charge < -0.3 is 15.0 Å². The Labute approximate surface area is 150 Å². The van der Waals surface area contributed by atoms with Crippen molar-refractivity contribution in [3.8, 4) is 5.75 Å². The molecule has 3 aromatic rings. The molecule has 1 aromatic carbocycles. The second kappa shape index (κ2) is 7.17. The average Bonchev–Trinajstić information content (AvgIpc) is 3.02. The van der Waals surface area contributed by atoms with E-state index in [1.54, 1.807) is 30.1 Å². The molecule has 2 heterocycles. The minimum atomic E-state index is -0.384. The highest BCUT2D eigenvalue weighted by molar-refractivity contribution is 5.69. The van der Waals surface area contributed by atoms with E-state index in [9.17, 15) is 14.7 Å². The topological polar surface area (TPSA) is 94.1 Å². The van der Waals surface area contributed by atoms with Gasteiger partial charge in [-0.2, -0.15) is 0 Å². The van der Waals surface area contributed by atoms with Gasteiger partial charge in [-0.25, -0.2) is 9.78 Å². The van der Waals surface area contributed by atoms with Crippen molar-refractivity contribution in [2.75, 3.05) is 6.54 Å². The third-order valence-electron chi connectivity index (χ3n) is 4.52. The predicted octanol–water partition coefficient (Wildman–Crippen LogP) is 0.360. The van der Waals surface area contributed by atoms with Gasteiger partial charge in [-0.3, -0.25) is 13.9 Å². The molecule has 2 N–H and O–H groups in total. The number of nitrogens with zero attached hydrogens (tertiary/aromatic N) is 4. The number of hydrogen-bond acceptors (Lipinski definition) is 5. The number of benzene rings is 1. The van der Waals surface area contributed by atoms with E-state index in [4.69, 9.17) is 0 Å². The van der Waals surface area contributed by atoms with Crippen LogP contribution < -0.4 is 16.6 Å². The number of phenolic OH excluding ortho intramolecular Hbond substituents is 1. The first-order chi connectivity index (χ1) is 12.4. The maximum Gasteiger partial charge on any atom is 0.332 e. The number of aryl methyl sites for hydroxylation is 1. The van der Waals surface area contributed by atoms with Crippen molar-refractivity contribution in [3.63, 3.8) is 0 Å². The van der Waals surface area contributed by atoms with Crippen molar-refractivity contribution < 1.29 is 5.11 Å². The van der Waals surface area contributed by atoms with Crippen molar-refractivity contribution in [2.24, 2.45) is 14.1 Å². The van der Waals surface area contributed by atoms with E-state index < -0.39 is 0 Å². The zero-order valence-corrected chi connectivity index (χ0v) is 15.1. The molecular formula is C18H23N5O3. The number of nitrogens with one attached hydrogen (secondary N) is 1. The van der Waals surface area contributed by atoms with Crippen LogP contribution in [0.3, 0.4) is 0 Å². The summed E-state index contributed by atoms with van der Waals surface area (Å²) in [7, 11) is 3.08. The maximum atomic E-state index is 12.4. The second-order valence-corrected chi connectivity index (χ2v) is 6.55. The summed E-state index contributed by atoms with van der Waals surface area (Å²) in [5.74, 6) is 0.265. The molecule has 0 aliphatic rings. The first-order valence-corrected chi connectivity index (χ1v) is 8.50. The molecular weight excluding hydrogens is 334 g/mol. The maximum absolute atomic E-state index is 12.4. The molecule has 0 fully saturated rings. The van der Waals surface area contributed by atoms with Crippen molar-refractivity contribution >= 4 is 11.2 Å². The molecule has 0 bridgehead atoms. The fraction of sp³-hybridized carbons (Fsp3) is 0.389. The van der Waals surface area contributed by atoms with Crippen LogP contribution in [-0.4, -0.2) is 36.4 Å². The van der Waals surface area contributed by atoms with Crippen LogP contribution in [0.25, 0.3) is 11.2 Å². The number of aromatic nitrogens is 4. The van der Waals surface area contributed by atoms with Gasteiger partial charge in [0.05, 0.1) is 6.33 Å². The first kappa shape index (κ1) is 17.9. The summed E-state index contributed by atoms with van der Waals surface area (Å²) < 4.78 is 4.24. The smallest absolute Gasteiger partial charge is 0.332 e. The van der Waals surface area contributed by atoms with Crippen LogP contribution in [0.4, 0.5) is 0 Å². The zero-order chi connectivity index (χ0) is 18.8. The lowest BCUT2D eigenvalue weighted by Gasteiger charge is -2.14. The van der Waals surface area contributed by atoms with E-state index in [0.29, 0.717) is 24.3 Å². The molecule has 0 spiro atoms. The lowest BCUT2D eigenvalue weighted by Crippen LogP contribution is -2.38. The lowest BCUT2D eigenvalue weighted by molar-refractivity contribution is 0.472. The Morgan fingerprint density at radius 3 is 2.73 bits per heavy atom.